The zero-order chi connectivity index (χ0) is 15.3. The highest BCUT2D eigenvalue weighted by atomic mass is 32.3. The minimum absolute atomic E-state index is 0.348. The average molecular weight is 300 g/mol. The summed E-state index contributed by atoms with van der Waals surface area (Å²) in [6.45, 7) is 0.856. The number of fused-ring (bicyclic) bond motifs is 1. The molecule has 1 heterocycles. The second-order valence-corrected chi connectivity index (χ2v) is 5.27. The standard InChI is InChI=1S/C11H12N2O.CH4O4S/c1-13-7-6-8-4-2-3-5-9(8)10(13)11(12)14;1-5-6(2,3)4/h2-5H,6-7H2,1H3,(H-,12,14);1H3,(H,2,3,4). The molecule has 0 saturated carbocycles. The number of likely N-dealkylation sites (N-methyl/N-ethyl adjacent to an activating group) is 1. The van der Waals surface area contributed by atoms with Gasteiger partial charge in [-0.15, -0.1) is 0 Å². The van der Waals surface area contributed by atoms with Crippen LogP contribution in [0.3, 0.4) is 0 Å². The first-order valence-electron chi connectivity index (χ1n) is 5.74. The molecule has 0 saturated heterocycles. The Bertz CT molecular complexity index is 637. The highest BCUT2D eigenvalue weighted by Crippen LogP contribution is 2.14. The van der Waals surface area contributed by atoms with Gasteiger partial charge in [-0.25, -0.2) is 13.0 Å². The fraction of sp³-hybridized carbons (Fsp3) is 0.333. The van der Waals surface area contributed by atoms with Crippen molar-refractivity contribution >= 4 is 22.0 Å². The predicted octanol–water partition coefficient (Wildman–Crippen LogP) is -0.748. The Morgan fingerprint density at radius 2 is 1.95 bits per heavy atom. The minimum atomic E-state index is -4.41. The third-order valence-electron chi connectivity index (χ3n) is 2.81. The van der Waals surface area contributed by atoms with Gasteiger partial charge in [-0.2, -0.15) is 0 Å². The lowest BCUT2D eigenvalue weighted by Gasteiger charge is -2.13. The third-order valence-corrected chi connectivity index (χ3v) is 3.22. The van der Waals surface area contributed by atoms with Gasteiger partial charge in [0.15, 0.2) is 0 Å². The molecule has 2 N–H and O–H groups in total. The van der Waals surface area contributed by atoms with Crippen LogP contribution in [-0.2, 0) is 25.8 Å². The zero-order valence-corrected chi connectivity index (χ0v) is 12.0. The molecule has 2 rings (SSSR count). The molecule has 1 aromatic carbocycles. The number of carbonyl (C=O) groups is 1. The van der Waals surface area contributed by atoms with Crippen molar-refractivity contribution in [3.63, 3.8) is 0 Å². The summed E-state index contributed by atoms with van der Waals surface area (Å²) < 4.78 is 32.9. The van der Waals surface area contributed by atoms with Crippen LogP contribution in [0.15, 0.2) is 24.3 Å². The van der Waals surface area contributed by atoms with Gasteiger partial charge in [0.2, 0.25) is 10.4 Å². The molecule has 0 aromatic heterocycles. The van der Waals surface area contributed by atoms with E-state index in [9.17, 15) is 17.8 Å². The fourth-order valence-electron chi connectivity index (χ4n) is 1.90. The van der Waals surface area contributed by atoms with Gasteiger partial charge in [-0.1, -0.05) is 18.2 Å². The molecule has 1 aromatic rings. The monoisotopic (exact) mass is 300 g/mol. The number of primary amides is 1. The van der Waals surface area contributed by atoms with Crippen LogP contribution < -0.4 is 5.73 Å². The third kappa shape index (κ3) is 4.41. The maximum atomic E-state index is 11.3. The molecule has 1 aliphatic heterocycles. The molecule has 0 fully saturated rings. The molecule has 0 spiro atoms. The van der Waals surface area contributed by atoms with E-state index in [1.165, 1.54) is 5.56 Å². The van der Waals surface area contributed by atoms with Crippen molar-refractivity contribution in [3.8, 4) is 0 Å². The Labute approximate surface area is 117 Å². The fourth-order valence-corrected chi connectivity index (χ4v) is 1.90. The maximum Gasteiger partial charge on any atom is 0.313 e. The zero-order valence-electron chi connectivity index (χ0n) is 11.2. The van der Waals surface area contributed by atoms with Gasteiger partial charge in [0.1, 0.15) is 13.6 Å². The van der Waals surface area contributed by atoms with Gasteiger partial charge in [0, 0.05) is 6.42 Å². The lowest BCUT2D eigenvalue weighted by atomic mass is 9.97. The molecule has 1 aliphatic rings. The molecule has 110 valence electrons. The Morgan fingerprint density at radius 3 is 2.45 bits per heavy atom. The molecule has 0 aliphatic carbocycles. The first kappa shape index (κ1) is 16.3. The summed E-state index contributed by atoms with van der Waals surface area (Å²) >= 11 is 0. The molecular formula is C12H16N2O5S. The second-order valence-electron chi connectivity index (χ2n) is 4.12. The Balaban J connectivity index is 0.000000286. The molecule has 0 radical (unpaired) electrons. The molecule has 20 heavy (non-hydrogen) atoms. The SMILES string of the molecule is COS(=O)(=O)[O-].C[N+]1=C(C(N)=O)c2ccccc2CC1. The summed E-state index contributed by atoms with van der Waals surface area (Å²) in [7, 11) is -1.71. The van der Waals surface area contributed by atoms with Crippen LogP contribution in [0.25, 0.3) is 0 Å². The number of carbonyl (C=O) groups excluding carboxylic acids is 1. The first-order valence-corrected chi connectivity index (χ1v) is 7.07. The summed E-state index contributed by atoms with van der Waals surface area (Å²) in [5, 5.41) is 0. The highest BCUT2D eigenvalue weighted by molar-refractivity contribution is 7.80. The van der Waals surface area contributed by atoms with Crippen LogP contribution in [0, 0.1) is 0 Å². The van der Waals surface area contributed by atoms with E-state index in [0.29, 0.717) is 5.71 Å². The van der Waals surface area contributed by atoms with Crippen LogP contribution in [0.2, 0.25) is 0 Å². The van der Waals surface area contributed by atoms with Crippen LogP contribution >= 0.6 is 0 Å². The first-order chi connectivity index (χ1) is 9.26. The number of hydrogen-bond donors (Lipinski definition) is 1. The largest absolute Gasteiger partial charge is 0.726 e. The van der Waals surface area contributed by atoms with E-state index in [0.717, 1.165) is 25.6 Å². The topological polar surface area (TPSA) is 113 Å². The Morgan fingerprint density at radius 1 is 1.40 bits per heavy atom. The van der Waals surface area contributed by atoms with E-state index in [2.05, 4.69) is 4.18 Å². The lowest BCUT2D eigenvalue weighted by Crippen LogP contribution is -2.37. The van der Waals surface area contributed by atoms with Gasteiger partial charge in [-0.05, 0) is 11.6 Å². The summed E-state index contributed by atoms with van der Waals surface area (Å²) in [6, 6.07) is 7.92. The van der Waals surface area contributed by atoms with E-state index in [-0.39, 0.29) is 5.91 Å². The predicted molar refractivity (Wildman–Crippen MR) is 71.2 cm³/mol. The number of nitrogens with zero attached hydrogens (tertiary/aromatic N) is 1. The molecular weight excluding hydrogens is 284 g/mol. The Hall–Kier alpha value is -1.77. The number of hydrogen-bond acceptors (Lipinski definition) is 5. The number of amides is 1. The average Bonchev–Trinajstić information content (AvgIpc) is 2.38. The smallest absolute Gasteiger partial charge is 0.313 e. The van der Waals surface area contributed by atoms with Crippen molar-refractivity contribution in [2.45, 2.75) is 6.42 Å². The van der Waals surface area contributed by atoms with Gasteiger partial charge in [-0.3, -0.25) is 8.98 Å². The van der Waals surface area contributed by atoms with Crippen LogP contribution in [0.4, 0.5) is 0 Å². The number of rotatable bonds is 2. The molecule has 0 unspecified atom stereocenters. The summed E-state index contributed by atoms with van der Waals surface area (Å²) in [5.74, 6) is -0.348. The highest BCUT2D eigenvalue weighted by Gasteiger charge is 2.26. The van der Waals surface area contributed by atoms with Crippen molar-refractivity contribution in [1.29, 1.82) is 0 Å². The van der Waals surface area contributed by atoms with Crippen molar-refractivity contribution in [2.24, 2.45) is 5.73 Å². The van der Waals surface area contributed by atoms with E-state index < -0.39 is 10.4 Å². The van der Waals surface area contributed by atoms with E-state index >= 15 is 0 Å². The van der Waals surface area contributed by atoms with Crippen molar-refractivity contribution in [3.05, 3.63) is 35.4 Å². The molecule has 7 nitrogen and oxygen atoms in total. The van der Waals surface area contributed by atoms with Crippen molar-refractivity contribution in [1.82, 2.24) is 0 Å². The van der Waals surface area contributed by atoms with Crippen molar-refractivity contribution in [2.75, 3.05) is 20.7 Å². The van der Waals surface area contributed by atoms with Gasteiger partial charge in [0.25, 0.3) is 5.71 Å². The molecule has 1 amide bonds. The van der Waals surface area contributed by atoms with Gasteiger partial charge >= 0.3 is 5.91 Å². The molecule has 8 heteroatoms. The maximum absolute atomic E-state index is 11.3. The number of nitrogens with two attached hydrogens (primary N) is 1. The van der Waals surface area contributed by atoms with E-state index in [4.69, 9.17) is 5.73 Å². The Kier molecular flexibility index (Phi) is 5.37. The van der Waals surface area contributed by atoms with Crippen LogP contribution in [0.1, 0.15) is 11.1 Å². The quantitative estimate of drug-likeness (QED) is 0.439. The van der Waals surface area contributed by atoms with Crippen LogP contribution in [0.5, 0.6) is 0 Å². The number of benzene rings is 1. The normalized spacial score (nSPS) is 14.2. The van der Waals surface area contributed by atoms with E-state index in [1.54, 1.807) is 0 Å². The second kappa shape index (κ2) is 6.60. The van der Waals surface area contributed by atoms with E-state index in [1.807, 2.05) is 35.9 Å². The molecule has 0 bridgehead atoms. The lowest BCUT2D eigenvalue weighted by molar-refractivity contribution is -0.496. The summed E-state index contributed by atoms with van der Waals surface area (Å²) in [6.07, 6.45) is 0.976. The summed E-state index contributed by atoms with van der Waals surface area (Å²) in [5.41, 5.74) is 8.17. The van der Waals surface area contributed by atoms with Crippen molar-refractivity contribution < 1.29 is 26.5 Å². The summed E-state index contributed by atoms with van der Waals surface area (Å²) in [4.78, 5) is 11.3. The van der Waals surface area contributed by atoms with Crippen LogP contribution in [-0.4, -0.2) is 49.9 Å². The van der Waals surface area contributed by atoms with Gasteiger partial charge in [0.05, 0.1) is 12.7 Å². The minimum Gasteiger partial charge on any atom is -0.726 e. The van der Waals surface area contributed by atoms with Gasteiger partial charge < -0.3 is 10.3 Å². The molecule has 0 atom stereocenters.